The van der Waals surface area contributed by atoms with Crippen molar-refractivity contribution in [2.45, 2.75) is 40.0 Å². The third kappa shape index (κ3) is 4.91. The van der Waals surface area contributed by atoms with Crippen LogP contribution in [-0.4, -0.2) is 6.10 Å². The molecule has 0 bridgehead atoms. The monoisotopic (exact) mass is 337 g/mol. The molecule has 0 radical (unpaired) electrons. The van der Waals surface area contributed by atoms with Gasteiger partial charge in [0.05, 0.1) is 11.1 Å². The second-order valence-electron chi connectivity index (χ2n) is 5.63. The Morgan fingerprint density at radius 2 is 1.73 bits per heavy atom. The van der Waals surface area contributed by atoms with E-state index in [4.69, 9.17) is 27.9 Å². The standard InChI is InChI=1S/C18H21Cl2NO/c1-12(2)22-18-15(8-16(19)9-17(18)20)11-21-10-14-6-4-13(3)5-7-14/h4-9,12,21H,10-11H2,1-3H3. The Labute approximate surface area is 142 Å². The zero-order chi connectivity index (χ0) is 16.1. The second-order valence-corrected chi connectivity index (χ2v) is 6.48. The molecule has 2 aromatic carbocycles. The molecule has 118 valence electrons. The third-order valence-electron chi connectivity index (χ3n) is 3.20. The average molecular weight is 338 g/mol. The molecule has 0 heterocycles. The van der Waals surface area contributed by atoms with Gasteiger partial charge in [0.1, 0.15) is 5.75 Å². The Bertz CT molecular complexity index is 624. The highest BCUT2D eigenvalue weighted by Gasteiger charge is 2.12. The van der Waals surface area contributed by atoms with E-state index in [9.17, 15) is 0 Å². The van der Waals surface area contributed by atoms with Crippen molar-refractivity contribution in [1.29, 1.82) is 0 Å². The molecular formula is C18H21Cl2NO. The van der Waals surface area contributed by atoms with E-state index in [2.05, 4.69) is 36.5 Å². The van der Waals surface area contributed by atoms with Gasteiger partial charge in [-0.3, -0.25) is 0 Å². The van der Waals surface area contributed by atoms with Crippen LogP contribution >= 0.6 is 23.2 Å². The van der Waals surface area contributed by atoms with E-state index in [1.165, 1.54) is 11.1 Å². The molecular weight excluding hydrogens is 317 g/mol. The molecule has 0 saturated heterocycles. The molecule has 2 rings (SSSR count). The van der Waals surface area contributed by atoms with Crippen LogP contribution < -0.4 is 10.1 Å². The molecule has 0 aliphatic carbocycles. The highest BCUT2D eigenvalue weighted by molar-refractivity contribution is 6.35. The summed E-state index contributed by atoms with van der Waals surface area (Å²) in [4.78, 5) is 0. The van der Waals surface area contributed by atoms with Crippen LogP contribution in [0.3, 0.4) is 0 Å². The summed E-state index contributed by atoms with van der Waals surface area (Å²) in [5, 5.41) is 4.58. The number of benzene rings is 2. The maximum Gasteiger partial charge on any atom is 0.142 e. The lowest BCUT2D eigenvalue weighted by Crippen LogP contribution is -2.15. The summed E-state index contributed by atoms with van der Waals surface area (Å²) in [6.07, 6.45) is 0.0644. The number of halogens is 2. The highest BCUT2D eigenvalue weighted by Crippen LogP contribution is 2.33. The van der Waals surface area contributed by atoms with Crippen LogP contribution in [0.4, 0.5) is 0 Å². The van der Waals surface area contributed by atoms with Gasteiger partial charge in [0.25, 0.3) is 0 Å². The van der Waals surface area contributed by atoms with E-state index in [0.717, 1.165) is 12.1 Å². The predicted octanol–water partition coefficient (Wildman–Crippen LogP) is 5.38. The Kier molecular flexibility index (Phi) is 6.13. The van der Waals surface area contributed by atoms with E-state index in [0.29, 0.717) is 22.3 Å². The third-order valence-corrected chi connectivity index (χ3v) is 3.70. The first-order valence-corrected chi connectivity index (χ1v) is 8.12. The smallest absolute Gasteiger partial charge is 0.142 e. The summed E-state index contributed by atoms with van der Waals surface area (Å²) in [5.74, 6) is 0.706. The SMILES string of the molecule is Cc1ccc(CNCc2cc(Cl)cc(Cl)c2OC(C)C)cc1. The fraction of sp³-hybridized carbons (Fsp3) is 0.333. The zero-order valence-electron chi connectivity index (χ0n) is 13.1. The van der Waals surface area contributed by atoms with Crippen molar-refractivity contribution in [2.75, 3.05) is 0 Å². The molecule has 1 N–H and O–H groups in total. The van der Waals surface area contributed by atoms with Gasteiger partial charge in [-0.05, 0) is 38.5 Å². The van der Waals surface area contributed by atoms with Gasteiger partial charge in [-0.1, -0.05) is 53.0 Å². The zero-order valence-corrected chi connectivity index (χ0v) is 14.6. The van der Waals surface area contributed by atoms with Gasteiger partial charge < -0.3 is 10.1 Å². The van der Waals surface area contributed by atoms with Crippen molar-refractivity contribution >= 4 is 23.2 Å². The summed E-state index contributed by atoms with van der Waals surface area (Å²) in [6, 6.07) is 12.1. The van der Waals surface area contributed by atoms with E-state index in [1.807, 2.05) is 19.9 Å². The number of hydrogen-bond acceptors (Lipinski definition) is 2. The highest BCUT2D eigenvalue weighted by atomic mass is 35.5. The lowest BCUT2D eigenvalue weighted by atomic mass is 10.1. The fourth-order valence-electron chi connectivity index (χ4n) is 2.16. The number of hydrogen-bond donors (Lipinski definition) is 1. The predicted molar refractivity (Wildman–Crippen MR) is 93.9 cm³/mol. The van der Waals surface area contributed by atoms with Crippen LogP contribution in [0.25, 0.3) is 0 Å². The van der Waals surface area contributed by atoms with Gasteiger partial charge in [0.15, 0.2) is 0 Å². The number of rotatable bonds is 6. The van der Waals surface area contributed by atoms with E-state index >= 15 is 0 Å². The molecule has 0 aliphatic rings. The molecule has 0 unspecified atom stereocenters. The minimum absolute atomic E-state index is 0.0644. The molecule has 0 aliphatic heterocycles. The molecule has 22 heavy (non-hydrogen) atoms. The summed E-state index contributed by atoms with van der Waals surface area (Å²) in [7, 11) is 0. The van der Waals surface area contributed by atoms with Gasteiger partial charge >= 0.3 is 0 Å². The van der Waals surface area contributed by atoms with Crippen molar-refractivity contribution in [1.82, 2.24) is 5.32 Å². The van der Waals surface area contributed by atoms with Crippen LogP contribution in [0.2, 0.25) is 10.0 Å². The van der Waals surface area contributed by atoms with Crippen molar-refractivity contribution in [2.24, 2.45) is 0 Å². The normalized spacial score (nSPS) is 11.0. The average Bonchev–Trinajstić information content (AvgIpc) is 2.44. The summed E-state index contributed by atoms with van der Waals surface area (Å²) < 4.78 is 5.82. The first kappa shape index (κ1) is 17.1. The quantitative estimate of drug-likeness (QED) is 0.764. The minimum Gasteiger partial charge on any atom is -0.489 e. The molecule has 0 amide bonds. The van der Waals surface area contributed by atoms with E-state index < -0.39 is 0 Å². The fourth-order valence-corrected chi connectivity index (χ4v) is 2.74. The van der Waals surface area contributed by atoms with Crippen LogP contribution in [0, 0.1) is 6.92 Å². The van der Waals surface area contributed by atoms with Crippen molar-refractivity contribution in [3.05, 3.63) is 63.1 Å². The van der Waals surface area contributed by atoms with Crippen LogP contribution in [0.15, 0.2) is 36.4 Å². The van der Waals surface area contributed by atoms with Crippen molar-refractivity contribution in [3.8, 4) is 5.75 Å². The molecule has 0 atom stereocenters. The van der Waals surface area contributed by atoms with E-state index in [-0.39, 0.29) is 6.10 Å². The van der Waals surface area contributed by atoms with Gasteiger partial charge in [0.2, 0.25) is 0 Å². The Morgan fingerprint density at radius 3 is 2.36 bits per heavy atom. The summed E-state index contributed by atoms with van der Waals surface area (Å²) in [6.45, 7) is 7.48. The Hall–Kier alpha value is -1.22. The van der Waals surface area contributed by atoms with E-state index in [1.54, 1.807) is 6.07 Å². The number of ether oxygens (including phenoxy) is 1. The first-order valence-electron chi connectivity index (χ1n) is 7.36. The molecule has 0 fully saturated rings. The van der Waals surface area contributed by atoms with Crippen LogP contribution in [0.5, 0.6) is 5.75 Å². The summed E-state index contributed by atoms with van der Waals surface area (Å²) in [5.41, 5.74) is 3.47. The minimum atomic E-state index is 0.0644. The Balaban J connectivity index is 2.06. The van der Waals surface area contributed by atoms with Gasteiger partial charge in [0, 0.05) is 23.7 Å². The largest absolute Gasteiger partial charge is 0.489 e. The van der Waals surface area contributed by atoms with Crippen LogP contribution in [0.1, 0.15) is 30.5 Å². The lowest BCUT2D eigenvalue weighted by molar-refractivity contribution is 0.239. The maximum absolute atomic E-state index is 6.25. The Morgan fingerprint density at radius 1 is 1.05 bits per heavy atom. The van der Waals surface area contributed by atoms with Gasteiger partial charge in [-0.2, -0.15) is 0 Å². The molecule has 2 aromatic rings. The summed E-state index contributed by atoms with van der Waals surface area (Å²) >= 11 is 12.4. The van der Waals surface area contributed by atoms with Crippen molar-refractivity contribution < 1.29 is 4.74 Å². The topological polar surface area (TPSA) is 21.3 Å². The first-order chi connectivity index (χ1) is 10.5. The number of nitrogens with one attached hydrogen (secondary N) is 1. The van der Waals surface area contributed by atoms with Crippen LogP contribution in [-0.2, 0) is 13.1 Å². The lowest BCUT2D eigenvalue weighted by Gasteiger charge is -2.17. The van der Waals surface area contributed by atoms with Crippen molar-refractivity contribution in [3.63, 3.8) is 0 Å². The van der Waals surface area contributed by atoms with Gasteiger partial charge in [-0.25, -0.2) is 0 Å². The maximum atomic E-state index is 6.25. The second kappa shape index (κ2) is 7.87. The molecule has 4 heteroatoms. The molecule has 0 saturated carbocycles. The molecule has 2 nitrogen and oxygen atoms in total. The molecule has 0 aromatic heterocycles. The number of aryl methyl sites for hydroxylation is 1. The molecule has 0 spiro atoms. The van der Waals surface area contributed by atoms with Gasteiger partial charge in [-0.15, -0.1) is 0 Å².